The zero-order valence-corrected chi connectivity index (χ0v) is 22.3. The monoisotopic (exact) mass is 528 g/mol. The van der Waals surface area contributed by atoms with Gasteiger partial charge in [0.15, 0.2) is 5.01 Å². The fourth-order valence-electron chi connectivity index (χ4n) is 4.92. The van der Waals surface area contributed by atoms with Crippen molar-refractivity contribution < 1.29 is 13.9 Å². The van der Waals surface area contributed by atoms with Crippen LogP contribution in [-0.4, -0.2) is 49.7 Å². The molecule has 3 atom stereocenters. The van der Waals surface area contributed by atoms with E-state index < -0.39 is 0 Å². The minimum atomic E-state index is -0.212. The third-order valence-electron chi connectivity index (χ3n) is 6.42. The summed E-state index contributed by atoms with van der Waals surface area (Å²) in [6.45, 7) is 6.26. The second kappa shape index (κ2) is 10.3. The smallest absolute Gasteiger partial charge is 0.280 e. The molecule has 0 bridgehead atoms. The zero-order valence-electron chi connectivity index (χ0n) is 20.7. The Bertz CT molecular complexity index is 1380. The Morgan fingerprint density at radius 2 is 2.11 bits per heavy atom. The third kappa shape index (κ3) is 5.16. The zero-order chi connectivity index (χ0) is 25.4. The number of methoxy groups -OCH3 is 1. The van der Waals surface area contributed by atoms with Gasteiger partial charge in [0.1, 0.15) is 27.6 Å². The highest BCUT2D eigenvalue weighted by molar-refractivity contribution is 7.17. The molecule has 0 aromatic carbocycles. The lowest BCUT2D eigenvalue weighted by molar-refractivity contribution is 0.0390. The van der Waals surface area contributed by atoms with Crippen molar-refractivity contribution in [3.05, 3.63) is 45.6 Å². The fraction of sp³-hybridized carbons (Fsp3) is 0.480. The van der Waals surface area contributed by atoms with Crippen LogP contribution >= 0.6 is 22.9 Å². The van der Waals surface area contributed by atoms with Crippen molar-refractivity contribution in [3.63, 3.8) is 0 Å². The van der Waals surface area contributed by atoms with Crippen molar-refractivity contribution in [3.8, 4) is 11.6 Å². The largest absolute Gasteiger partial charge is 0.443 e. The van der Waals surface area contributed by atoms with Gasteiger partial charge in [-0.25, -0.2) is 19.9 Å². The summed E-state index contributed by atoms with van der Waals surface area (Å²) in [7, 11) is 1.72. The first-order valence-electron chi connectivity index (χ1n) is 12.0. The lowest BCUT2D eigenvalue weighted by Crippen LogP contribution is -2.43. The number of imidazole rings is 1. The van der Waals surface area contributed by atoms with Crippen LogP contribution in [0.4, 0.5) is 0 Å². The van der Waals surface area contributed by atoms with Crippen LogP contribution in [0.5, 0.6) is 0 Å². The number of oxazole rings is 1. The lowest BCUT2D eigenvalue weighted by Gasteiger charge is -2.36. The first kappa shape index (κ1) is 24.9. The third-order valence-corrected chi connectivity index (χ3v) is 7.54. The number of fused-ring (bicyclic) bond motifs is 1. The maximum atomic E-state index is 12.8. The van der Waals surface area contributed by atoms with Gasteiger partial charge in [-0.05, 0) is 38.2 Å². The number of nitrogens with zero attached hydrogens (tertiary/aromatic N) is 5. The maximum absolute atomic E-state index is 12.8. The molecule has 1 saturated carbocycles. The summed E-state index contributed by atoms with van der Waals surface area (Å²) in [5.41, 5.74) is 3.27. The van der Waals surface area contributed by atoms with Gasteiger partial charge < -0.3 is 19.0 Å². The summed E-state index contributed by atoms with van der Waals surface area (Å²) in [5.74, 6) is 1.70. The number of amides is 1. The molecule has 1 fully saturated rings. The van der Waals surface area contributed by atoms with E-state index in [9.17, 15) is 4.79 Å². The number of pyridine rings is 1. The average Bonchev–Trinajstić information content (AvgIpc) is 3.56. The van der Waals surface area contributed by atoms with E-state index >= 15 is 0 Å². The van der Waals surface area contributed by atoms with E-state index in [0.29, 0.717) is 26.8 Å². The van der Waals surface area contributed by atoms with Crippen LogP contribution in [0.25, 0.3) is 22.6 Å². The van der Waals surface area contributed by atoms with Crippen LogP contribution in [-0.2, 0) is 11.2 Å². The van der Waals surface area contributed by atoms with Crippen LogP contribution in [0.3, 0.4) is 0 Å². The summed E-state index contributed by atoms with van der Waals surface area (Å²) >= 11 is 7.16. The Labute approximate surface area is 218 Å². The highest BCUT2D eigenvalue weighted by Gasteiger charge is 2.33. The van der Waals surface area contributed by atoms with Gasteiger partial charge in [-0.3, -0.25) is 4.79 Å². The lowest BCUT2D eigenvalue weighted by atomic mass is 9.88. The molecule has 1 amide bonds. The molecule has 1 unspecified atom stereocenters. The van der Waals surface area contributed by atoms with Crippen molar-refractivity contribution in [2.75, 3.05) is 7.11 Å². The van der Waals surface area contributed by atoms with E-state index in [0.717, 1.165) is 48.2 Å². The Kier molecular flexibility index (Phi) is 7.09. The van der Waals surface area contributed by atoms with Gasteiger partial charge in [0.05, 0.1) is 29.7 Å². The van der Waals surface area contributed by atoms with Gasteiger partial charge in [-0.15, -0.1) is 0 Å². The number of hydrogen-bond donors (Lipinski definition) is 1. The predicted molar refractivity (Wildman–Crippen MR) is 138 cm³/mol. The van der Waals surface area contributed by atoms with Crippen LogP contribution in [0.15, 0.2) is 29.1 Å². The maximum Gasteiger partial charge on any atom is 0.280 e. The van der Waals surface area contributed by atoms with Crippen molar-refractivity contribution in [1.82, 2.24) is 29.8 Å². The Hall–Kier alpha value is -2.82. The van der Waals surface area contributed by atoms with Gasteiger partial charge >= 0.3 is 0 Å². The highest BCUT2D eigenvalue weighted by Crippen LogP contribution is 2.36. The van der Waals surface area contributed by atoms with Crippen LogP contribution in [0.2, 0.25) is 4.34 Å². The second-order valence-corrected chi connectivity index (χ2v) is 11.4. The van der Waals surface area contributed by atoms with Crippen LogP contribution in [0.1, 0.15) is 60.5 Å². The number of aryl methyl sites for hydroxylation is 1. The number of ether oxygens (including phenoxy) is 1. The number of nitrogens with one attached hydrogen (secondary N) is 1. The van der Waals surface area contributed by atoms with E-state index in [1.807, 2.05) is 13.0 Å². The van der Waals surface area contributed by atoms with Gasteiger partial charge in [0.2, 0.25) is 5.89 Å². The van der Waals surface area contributed by atoms with Crippen molar-refractivity contribution >= 4 is 39.9 Å². The Balaban J connectivity index is 1.51. The van der Waals surface area contributed by atoms with Gasteiger partial charge in [-0.1, -0.05) is 36.8 Å². The normalized spacial score (nSPS) is 20.3. The minimum absolute atomic E-state index is 0.00557. The summed E-state index contributed by atoms with van der Waals surface area (Å²) in [6, 6.07) is 2.00. The molecule has 11 heteroatoms. The molecule has 4 aromatic heterocycles. The van der Waals surface area contributed by atoms with Crippen LogP contribution < -0.4 is 5.32 Å². The standard InChI is InChI=1S/C25H29ClN6O3S/c1-13(2)5-22-31-19-10-27-18(24-29-14(3)12-35-24)9-20(19)32(22)16-6-15(7-17(8-16)34-4)30-23(33)25-28-11-21(26)36-25/h9-13,15-17H,5-8H2,1-4H3,(H,30,33)/t15-,16?,17+/m1/s1. The topological polar surface area (TPSA) is 108 Å². The number of hydrogen-bond acceptors (Lipinski definition) is 8. The molecule has 0 saturated heterocycles. The average molecular weight is 529 g/mol. The molecular formula is C25H29ClN6O3S. The Morgan fingerprint density at radius 1 is 1.28 bits per heavy atom. The number of carbonyl (C=O) groups excluding carboxylic acids is 1. The number of rotatable bonds is 7. The molecular weight excluding hydrogens is 500 g/mol. The quantitative estimate of drug-likeness (QED) is 0.349. The number of aromatic nitrogens is 5. The van der Waals surface area contributed by atoms with E-state index in [2.05, 4.69) is 38.7 Å². The number of halogens is 1. The van der Waals surface area contributed by atoms with E-state index in [1.165, 1.54) is 17.5 Å². The van der Waals surface area contributed by atoms with E-state index in [1.54, 1.807) is 19.6 Å². The molecule has 190 valence electrons. The molecule has 0 aliphatic heterocycles. The van der Waals surface area contributed by atoms with Crippen molar-refractivity contribution in [2.24, 2.45) is 5.92 Å². The van der Waals surface area contributed by atoms with Gasteiger partial charge in [-0.2, -0.15) is 0 Å². The van der Waals surface area contributed by atoms with Gasteiger partial charge in [0.25, 0.3) is 5.91 Å². The SMILES string of the molecule is CO[C@@H]1CC(n2c(CC(C)C)nc3cnc(-c4nc(C)co4)cc32)C[C@@H](NC(=O)c2ncc(Cl)s2)C1. The van der Waals surface area contributed by atoms with Crippen molar-refractivity contribution in [2.45, 2.75) is 64.6 Å². The molecule has 1 aliphatic rings. The number of carbonyl (C=O) groups is 1. The molecule has 0 spiro atoms. The van der Waals surface area contributed by atoms with Crippen molar-refractivity contribution in [1.29, 1.82) is 0 Å². The highest BCUT2D eigenvalue weighted by atomic mass is 35.5. The minimum Gasteiger partial charge on any atom is -0.443 e. The molecule has 5 rings (SSSR count). The van der Waals surface area contributed by atoms with E-state index in [-0.39, 0.29) is 24.1 Å². The summed E-state index contributed by atoms with van der Waals surface area (Å²) in [4.78, 5) is 30.9. The second-order valence-electron chi connectivity index (χ2n) is 9.71. The fourth-order valence-corrected chi connectivity index (χ4v) is 5.73. The molecule has 4 aromatic rings. The molecule has 1 aliphatic carbocycles. The van der Waals surface area contributed by atoms with Crippen LogP contribution in [0, 0.1) is 12.8 Å². The Morgan fingerprint density at radius 3 is 2.78 bits per heavy atom. The first-order chi connectivity index (χ1) is 17.3. The van der Waals surface area contributed by atoms with E-state index in [4.69, 9.17) is 25.7 Å². The first-order valence-corrected chi connectivity index (χ1v) is 13.2. The predicted octanol–water partition coefficient (Wildman–Crippen LogP) is 5.24. The molecule has 4 heterocycles. The molecule has 1 N–H and O–H groups in total. The number of thiazole rings is 1. The molecule has 0 radical (unpaired) electrons. The summed E-state index contributed by atoms with van der Waals surface area (Å²) in [6.07, 6.45) is 8.02. The summed E-state index contributed by atoms with van der Waals surface area (Å²) < 4.78 is 14.2. The summed E-state index contributed by atoms with van der Waals surface area (Å²) in [5, 5.41) is 3.51. The van der Waals surface area contributed by atoms with Gasteiger partial charge in [0, 0.05) is 25.6 Å². The molecule has 9 nitrogen and oxygen atoms in total. The molecule has 36 heavy (non-hydrogen) atoms.